The van der Waals surface area contributed by atoms with E-state index in [0.29, 0.717) is 5.70 Å². The lowest BCUT2D eigenvalue weighted by Crippen LogP contribution is -2.20. The predicted molar refractivity (Wildman–Crippen MR) is 72.7 cm³/mol. The van der Waals surface area contributed by atoms with E-state index in [1.165, 1.54) is 7.11 Å². The molecule has 21 heavy (non-hydrogen) atoms. The van der Waals surface area contributed by atoms with Gasteiger partial charge in [0.05, 0.1) is 7.11 Å². The number of hydrazone groups is 1. The van der Waals surface area contributed by atoms with Gasteiger partial charge >= 0.3 is 11.9 Å². The maximum Gasteiger partial charge on any atom is 0.358 e. The Balaban J connectivity index is 0.000000211. The van der Waals surface area contributed by atoms with Gasteiger partial charge in [-0.05, 0) is 18.2 Å². The Morgan fingerprint density at radius 3 is 2.48 bits per heavy atom. The van der Waals surface area contributed by atoms with Gasteiger partial charge in [0.2, 0.25) is 0 Å². The Hall–Kier alpha value is -3.23. The predicted octanol–water partition coefficient (Wildman–Crippen LogP) is -0.343. The molecule has 0 bridgehead atoms. The molecule has 0 aromatic carbocycles. The topological polar surface area (TPSA) is 134 Å². The van der Waals surface area contributed by atoms with Gasteiger partial charge in [-0.25, -0.2) is 14.7 Å². The largest absolute Gasteiger partial charge is 0.476 e. The molecule has 0 radical (unpaired) electrons. The van der Waals surface area contributed by atoms with Crippen molar-refractivity contribution in [1.82, 2.24) is 15.6 Å². The van der Waals surface area contributed by atoms with E-state index in [2.05, 4.69) is 26.9 Å². The lowest BCUT2D eigenvalue weighted by atomic mass is 10.3. The number of esters is 1. The van der Waals surface area contributed by atoms with Gasteiger partial charge in [-0.3, -0.25) is 10.2 Å². The fourth-order valence-electron chi connectivity index (χ4n) is 1.07. The molecule has 2 heterocycles. The third kappa shape index (κ3) is 5.11. The lowest BCUT2D eigenvalue weighted by molar-refractivity contribution is -0.132. The van der Waals surface area contributed by atoms with Crippen LogP contribution in [0.5, 0.6) is 0 Å². The number of aromatic carboxylic acids is 1. The Labute approximate surface area is 118 Å². The molecule has 3 N–H and O–H groups in total. The summed E-state index contributed by atoms with van der Waals surface area (Å²) in [6.07, 6.45) is 3.20. The fraction of sp³-hybridized carbons (Fsp3) is 0.0833. The fourth-order valence-corrected chi connectivity index (χ4v) is 1.07. The van der Waals surface area contributed by atoms with Crippen LogP contribution in [0, 0.1) is 0 Å². The molecule has 1 aromatic heterocycles. The third-order valence-corrected chi connectivity index (χ3v) is 2.06. The number of aromatic amines is 1. The maximum atomic E-state index is 10.8. The van der Waals surface area contributed by atoms with Crippen molar-refractivity contribution < 1.29 is 19.4 Å². The zero-order chi connectivity index (χ0) is 15.8. The molecule has 0 spiro atoms. The molecule has 1 aliphatic rings. The van der Waals surface area contributed by atoms with Crippen molar-refractivity contribution in [3.63, 3.8) is 0 Å². The highest BCUT2D eigenvalue weighted by atomic mass is 16.5. The number of aromatic nitrogens is 2. The summed E-state index contributed by atoms with van der Waals surface area (Å²) in [6, 6.07) is 2.25. The van der Waals surface area contributed by atoms with Gasteiger partial charge in [0.25, 0.3) is 5.56 Å². The summed E-state index contributed by atoms with van der Waals surface area (Å²) in [5.41, 5.74) is 2.87. The van der Waals surface area contributed by atoms with Crippen molar-refractivity contribution in [2.75, 3.05) is 7.11 Å². The molecular weight excluding hydrogens is 280 g/mol. The molecule has 0 saturated carbocycles. The first-order valence-corrected chi connectivity index (χ1v) is 5.52. The van der Waals surface area contributed by atoms with Crippen LogP contribution in [-0.2, 0) is 9.53 Å². The molecule has 1 aliphatic heterocycles. The Kier molecular flexibility index (Phi) is 5.56. The van der Waals surface area contributed by atoms with E-state index in [1.807, 2.05) is 5.10 Å². The summed E-state index contributed by atoms with van der Waals surface area (Å²) in [6.45, 7) is 3.58. The van der Waals surface area contributed by atoms with Crippen LogP contribution in [0.3, 0.4) is 0 Å². The summed E-state index contributed by atoms with van der Waals surface area (Å²) < 4.78 is 4.43. The quantitative estimate of drug-likeness (QED) is 0.634. The van der Waals surface area contributed by atoms with Gasteiger partial charge in [0, 0.05) is 11.8 Å². The lowest BCUT2D eigenvalue weighted by Gasteiger charge is -2.06. The normalized spacial score (nSPS) is 12.4. The number of allylic oxidation sites excluding steroid dienone is 1. The Morgan fingerprint density at radius 1 is 1.33 bits per heavy atom. The summed E-state index contributed by atoms with van der Waals surface area (Å²) >= 11 is 0. The van der Waals surface area contributed by atoms with E-state index in [0.717, 1.165) is 12.1 Å². The standard InChI is InChI=1S/C7H8N2O2.C5H4N2O3/c1-5-3-4-6(9-8-5)7(10)11-2;8-4-2-1-3(5(9)10)6-7-4/h3-4,8H,1H2,2H3;1-2H,(H,7,8)(H,9,10). The van der Waals surface area contributed by atoms with E-state index in [-0.39, 0.29) is 11.4 Å². The van der Waals surface area contributed by atoms with Crippen LogP contribution < -0.4 is 11.0 Å². The molecule has 2 rings (SSSR count). The second-order valence-electron chi connectivity index (χ2n) is 3.57. The summed E-state index contributed by atoms with van der Waals surface area (Å²) in [5.74, 6) is -1.61. The van der Waals surface area contributed by atoms with E-state index in [4.69, 9.17) is 5.11 Å². The summed E-state index contributed by atoms with van der Waals surface area (Å²) in [5, 5.41) is 17.2. The molecule has 0 saturated heterocycles. The SMILES string of the molecule is C=C1C=CC(C(=O)OC)=NN1.O=C(O)c1ccc(=O)[nH]n1. The van der Waals surface area contributed by atoms with E-state index < -0.39 is 17.5 Å². The van der Waals surface area contributed by atoms with Crippen LogP contribution in [0.15, 0.2) is 46.5 Å². The second-order valence-corrected chi connectivity index (χ2v) is 3.57. The summed E-state index contributed by atoms with van der Waals surface area (Å²) in [4.78, 5) is 31.3. The van der Waals surface area contributed by atoms with Gasteiger partial charge < -0.3 is 9.84 Å². The molecule has 1 aromatic rings. The van der Waals surface area contributed by atoms with Crippen molar-refractivity contribution in [2.24, 2.45) is 5.10 Å². The summed E-state index contributed by atoms with van der Waals surface area (Å²) in [7, 11) is 1.31. The number of carbonyl (C=O) groups is 2. The number of ether oxygens (including phenoxy) is 1. The molecule has 0 amide bonds. The van der Waals surface area contributed by atoms with Crippen LogP contribution in [0.4, 0.5) is 0 Å². The average molecular weight is 292 g/mol. The molecule has 0 fully saturated rings. The molecular formula is C12H12N4O5. The number of rotatable bonds is 2. The first kappa shape index (κ1) is 15.8. The second kappa shape index (κ2) is 7.38. The number of hydrogen-bond acceptors (Lipinski definition) is 7. The number of hydrogen-bond donors (Lipinski definition) is 3. The molecule has 0 aliphatic carbocycles. The first-order valence-electron chi connectivity index (χ1n) is 5.52. The molecule has 0 atom stereocenters. The van der Waals surface area contributed by atoms with Gasteiger partial charge in [-0.1, -0.05) is 6.58 Å². The number of carboxylic acids is 1. The molecule has 9 heteroatoms. The zero-order valence-electron chi connectivity index (χ0n) is 11.0. The minimum Gasteiger partial charge on any atom is -0.476 e. The van der Waals surface area contributed by atoms with Crippen molar-refractivity contribution in [3.8, 4) is 0 Å². The van der Waals surface area contributed by atoms with Crippen molar-refractivity contribution in [1.29, 1.82) is 0 Å². The van der Waals surface area contributed by atoms with Gasteiger partial charge in [0.1, 0.15) is 0 Å². The van der Waals surface area contributed by atoms with Crippen molar-refractivity contribution in [3.05, 3.63) is 52.6 Å². The number of nitrogens with zero attached hydrogens (tertiary/aromatic N) is 2. The first-order chi connectivity index (χ1) is 9.93. The highest BCUT2D eigenvalue weighted by Crippen LogP contribution is 1.97. The monoisotopic (exact) mass is 292 g/mol. The average Bonchev–Trinajstić information content (AvgIpc) is 2.48. The number of carboxylic acid groups (broad SMARTS) is 1. The number of carbonyl (C=O) groups excluding carboxylic acids is 1. The number of H-pyrrole nitrogens is 1. The van der Waals surface area contributed by atoms with E-state index in [1.54, 1.807) is 12.2 Å². The molecule has 9 nitrogen and oxygen atoms in total. The molecule has 0 unspecified atom stereocenters. The van der Waals surface area contributed by atoms with Crippen LogP contribution in [-0.4, -0.2) is 40.1 Å². The zero-order valence-corrected chi connectivity index (χ0v) is 11.0. The van der Waals surface area contributed by atoms with Crippen LogP contribution >= 0.6 is 0 Å². The Morgan fingerprint density at radius 2 is 2.05 bits per heavy atom. The van der Waals surface area contributed by atoms with Crippen molar-refractivity contribution in [2.45, 2.75) is 0 Å². The van der Waals surface area contributed by atoms with E-state index >= 15 is 0 Å². The van der Waals surface area contributed by atoms with Crippen LogP contribution in [0.1, 0.15) is 10.5 Å². The maximum absolute atomic E-state index is 10.8. The minimum atomic E-state index is -1.16. The third-order valence-electron chi connectivity index (χ3n) is 2.06. The molecule has 110 valence electrons. The minimum absolute atomic E-state index is 0.167. The van der Waals surface area contributed by atoms with Gasteiger partial charge in [-0.2, -0.15) is 10.2 Å². The smallest absolute Gasteiger partial charge is 0.358 e. The van der Waals surface area contributed by atoms with Gasteiger partial charge in [0.15, 0.2) is 11.4 Å². The highest BCUT2D eigenvalue weighted by Gasteiger charge is 2.10. The van der Waals surface area contributed by atoms with Gasteiger partial charge in [-0.15, -0.1) is 0 Å². The highest BCUT2D eigenvalue weighted by molar-refractivity contribution is 6.41. The number of nitrogens with one attached hydrogen (secondary N) is 2. The Bertz CT molecular complexity index is 654. The van der Waals surface area contributed by atoms with E-state index in [9.17, 15) is 14.4 Å². The van der Waals surface area contributed by atoms with Crippen LogP contribution in [0.2, 0.25) is 0 Å². The van der Waals surface area contributed by atoms with Crippen LogP contribution in [0.25, 0.3) is 0 Å². The number of methoxy groups -OCH3 is 1. The van der Waals surface area contributed by atoms with Crippen molar-refractivity contribution >= 4 is 17.7 Å².